The van der Waals surface area contributed by atoms with Gasteiger partial charge in [-0.05, 0) is 57.4 Å². The van der Waals surface area contributed by atoms with E-state index in [0.29, 0.717) is 13.0 Å². The van der Waals surface area contributed by atoms with Crippen molar-refractivity contribution >= 4 is 12.0 Å². The minimum Gasteiger partial charge on any atom is -0.504 e. The van der Waals surface area contributed by atoms with E-state index in [9.17, 15) is 19.8 Å². The van der Waals surface area contributed by atoms with Crippen molar-refractivity contribution in [1.82, 2.24) is 10.6 Å². The highest BCUT2D eigenvalue weighted by Gasteiger charge is 2.16. The number of phenols is 2. The summed E-state index contributed by atoms with van der Waals surface area (Å²) in [5, 5.41) is 23.9. The third-order valence-electron chi connectivity index (χ3n) is 2.94. The average molecular weight is 324 g/mol. The Morgan fingerprint density at radius 2 is 1.74 bits per heavy atom. The number of amides is 2. The van der Waals surface area contributed by atoms with E-state index in [4.69, 9.17) is 4.74 Å². The van der Waals surface area contributed by atoms with Gasteiger partial charge in [0.15, 0.2) is 11.5 Å². The second-order valence-corrected chi connectivity index (χ2v) is 6.22. The fourth-order valence-electron chi connectivity index (χ4n) is 1.86. The van der Waals surface area contributed by atoms with Gasteiger partial charge in [-0.2, -0.15) is 0 Å². The lowest BCUT2D eigenvalue weighted by molar-refractivity contribution is -0.120. The first kappa shape index (κ1) is 18.6. The van der Waals surface area contributed by atoms with Gasteiger partial charge in [0.25, 0.3) is 0 Å². The van der Waals surface area contributed by atoms with Crippen molar-refractivity contribution < 1.29 is 24.5 Å². The number of rotatable bonds is 5. The summed E-state index contributed by atoms with van der Waals surface area (Å²) in [4.78, 5) is 23.0. The van der Waals surface area contributed by atoms with Crippen LogP contribution in [0.1, 0.15) is 31.9 Å². The molecule has 0 atom stereocenters. The number of carbonyl (C=O) groups excluding carboxylic acids is 2. The first-order valence-electron chi connectivity index (χ1n) is 7.33. The van der Waals surface area contributed by atoms with Gasteiger partial charge in [0.2, 0.25) is 5.91 Å². The predicted molar refractivity (Wildman–Crippen MR) is 85.5 cm³/mol. The molecule has 0 radical (unpaired) electrons. The fraction of sp³-hybridized carbons (Fsp3) is 0.500. The molecule has 1 aromatic rings. The molecule has 0 saturated heterocycles. The Morgan fingerprint density at radius 3 is 2.35 bits per heavy atom. The highest BCUT2D eigenvalue weighted by Crippen LogP contribution is 2.27. The maximum Gasteiger partial charge on any atom is 0.408 e. The zero-order valence-electron chi connectivity index (χ0n) is 13.9. The highest BCUT2D eigenvalue weighted by atomic mass is 16.6. The Labute approximate surface area is 135 Å². The van der Waals surface area contributed by atoms with E-state index >= 15 is 0 Å². The Hall–Kier alpha value is -2.44. The number of nitrogens with one attached hydrogen (secondary N) is 2. The van der Waals surface area contributed by atoms with Gasteiger partial charge < -0.3 is 25.6 Å². The molecular formula is C16H24N2O5. The number of aryl methyl sites for hydroxylation is 1. The topological polar surface area (TPSA) is 108 Å². The summed E-state index contributed by atoms with van der Waals surface area (Å²) in [6, 6.07) is 2.94. The molecule has 0 aliphatic heterocycles. The smallest absolute Gasteiger partial charge is 0.408 e. The molecule has 1 aromatic carbocycles. The Bertz CT molecular complexity index is 579. The highest BCUT2D eigenvalue weighted by molar-refractivity contribution is 5.82. The third kappa shape index (κ3) is 6.90. The van der Waals surface area contributed by atoms with Crippen LogP contribution in [0.25, 0.3) is 0 Å². The van der Waals surface area contributed by atoms with Gasteiger partial charge in [-0.1, -0.05) is 0 Å². The molecular weight excluding hydrogens is 300 g/mol. The van der Waals surface area contributed by atoms with Crippen molar-refractivity contribution in [3.05, 3.63) is 23.3 Å². The summed E-state index contributed by atoms with van der Waals surface area (Å²) in [6.07, 6.45) is -0.148. The standard InChI is InChI=1S/C16H24N2O5/c1-10-7-12(19)13(20)8-11(10)5-6-17-14(21)9-18-15(22)23-16(2,3)4/h7-8,19-20H,5-6,9H2,1-4H3,(H,17,21)(H,18,22). The molecule has 0 bridgehead atoms. The van der Waals surface area contributed by atoms with Gasteiger partial charge in [0.05, 0.1) is 6.54 Å². The van der Waals surface area contributed by atoms with Crippen molar-refractivity contribution in [2.75, 3.05) is 13.1 Å². The molecule has 0 aliphatic rings. The minimum absolute atomic E-state index is 0.170. The number of ether oxygens (including phenoxy) is 1. The molecule has 7 nitrogen and oxygen atoms in total. The Balaban J connectivity index is 2.35. The first-order valence-corrected chi connectivity index (χ1v) is 7.33. The Morgan fingerprint density at radius 1 is 1.13 bits per heavy atom. The van der Waals surface area contributed by atoms with Crippen LogP contribution in [0.3, 0.4) is 0 Å². The van der Waals surface area contributed by atoms with E-state index in [2.05, 4.69) is 10.6 Å². The molecule has 1 rings (SSSR count). The van der Waals surface area contributed by atoms with Crippen LogP contribution in [-0.4, -0.2) is 40.9 Å². The second kappa shape index (κ2) is 7.71. The van der Waals surface area contributed by atoms with Crippen molar-refractivity contribution in [1.29, 1.82) is 0 Å². The lowest BCUT2D eigenvalue weighted by Crippen LogP contribution is -2.40. The van der Waals surface area contributed by atoms with Crippen LogP contribution in [0.15, 0.2) is 12.1 Å². The van der Waals surface area contributed by atoms with Crippen molar-refractivity contribution in [2.24, 2.45) is 0 Å². The molecule has 7 heteroatoms. The van der Waals surface area contributed by atoms with Crippen LogP contribution in [-0.2, 0) is 16.0 Å². The van der Waals surface area contributed by atoms with E-state index in [1.54, 1.807) is 27.7 Å². The van der Waals surface area contributed by atoms with Crippen LogP contribution in [0.5, 0.6) is 11.5 Å². The second-order valence-electron chi connectivity index (χ2n) is 6.22. The van der Waals surface area contributed by atoms with Gasteiger partial charge in [-0.25, -0.2) is 4.79 Å². The predicted octanol–water partition coefficient (Wildman–Crippen LogP) is 1.59. The number of phenolic OH excluding ortho intramolecular Hbond substituents is 2. The van der Waals surface area contributed by atoms with Crippen LogP contribution in [0, 0.1) is 6.92 Å². The van der Waals surface area contributed by atoms with E-state index in [1.807, 2.05) is 0 Å². The molecule has 2 amide bonds. The van der Waals surface area contributed by atoms with E-state index in [1.165, 1.54) is 12.1 Å². The maximum absolute atomic E-state index is 11.6. The summed E-state index contributed by atoms with van der Waals surface area (Å²) >= 11 is 0. The number of hydrogen-bond acceptors (Lipinski definition) is 5. The number of benzene rings is 1. The van der Waals surface area contributed by atoms with Gasteiger partial charge >= 0.3 is 6.09 Å². The lowest BCUT2D eigenvalue weighted by atomic mass is 10.0. The summed E-state index contributed by atoms with van der Waals surface area (Å²) in [5.41, 5.74) is 1.03. The Kier molecular flexibility index (Phi) is 6.24. The summed E-state index contributed by atoms with van der Waals surface area (Å²) in [6.45, 7) is 7.20. The van der Waals surface area contributed by atoms with E-state index < -0.39 is 11.7 Å². The summed E-state index contributed by atoms with van der Waals surface area (Å²) in [7, 11) is 0. The third-order valence-corrected chi connectivity index (χ3v) is 2.94. The molecule has 4 N–H and O–H groups in total. The average Bonchev–Trinajstić information content (AvgIpc) is 2.40. The number of hydrogen-bond donors (Lipinski definition) is 4. The van der Waals surface area contributed by atoms with Gasteiger partial charge in [-0.3, -0.25) is 4.79 Å². The number of carbonyl (C=O) groups is 2. The van der Waals surface area contributed by atoms with Crippen molar-refractivity contribution in [2.45, 2.75) is 39.7 Å². The molecule has 0 saturated carbocycles. The van der Waals surface area contributed by atoms with Crippen LogP contribution in [0.2, 0.25) is 0 Å². The van der Waals surface area contributed by atoms with E-state index in [-0.39, 0.29) is 24.0 Å². The molecule has 23 heavy (non-hydrogen) atoms. The molecule has 128 valence electrons. The van der Waals surface area contributed by atoms with Crippen LogP contribution in [0.4, 0.5) is 4.79 Å². The molecule has 0 aromatic heterocycles. The SMILES string of the molecule is Cc1cc(O)c(O)cc1CCNC(=O)CNC(=O)OC(C)(C)C. The summed E-state index contributed by atoms with van der Waals surface area (Å²) < 4.78 is 5.02. The normalized spacial score (nSPS) is 11.0. The van der Waals surface area contributed by atoms with Crippen molar-refractivity contribution in [3.8, 4) is 11.5 Å². The largest absolute Gasteiger partial charge is 0.504 e. The van der Waals surface area contributed by atoms with Gasteiger partial charge in [0, 0.05) is 6.54 Å². The minimum atomic E-state index is -0.646. The molecule has 0 spiro atoms. The lowest BCUT2D eigenvalue weighted by Gasteiger charge is -2.19. The molecule has 0 fully saturated rings. The number of alkyl carbamates (subject to hydrolysis) is 1. The number of aromatic hydroxyl groups is 2. The zero-order valence-corrected chi connectivity index (χ0v) is 13.9. The van der Waals surface area contributed by atoms with Gasteiger partial charge in [0.1, 0.15) is 5.60 Å². The van der Waals surface area contributed by atoms with Crippen LogP contribution < -0.4 is 10.6 Å². The first-order chi connectivity index (χ1) is 10.6. The fourth-order valence-corrected chi connectivity index (χ4v) is 1.86. The van der Waals surface area contributed by atoms with Gasteiger partial charge in [-0.15, -0.1) is 0 Å². The van der Waals surface area contributed by atoms with Crippen LogP contribution >= 0.6 is 0 Å². The molecule has 0 heterocycles. The quantitative estimate of drug-likeness (QED) is 0.615. The summed E-state index contributed by atoms with van der Waals surface area (Å²) in [5.74, 6) is -0.697. The zero-order chi connectivity index (χ0) is 17.6. The van der Waals surface area contributed by atoms with Crippen molar-refractivity contribution in [3.63, 3.8) is 0 Å². The maximum atomic E-state index is 11.6. The van der Waals surface area contributed by atoms with E-state index in [0.717, 1.165) is 11.1 Å². The molecule has 0 aliphatic carbocycles. The molecule has 0 unspecified atom stereocenters. The monoisotopic (exact) mass is 324 g/mol.